The van der Waals surface area contributed by atoms with Gasteiger partial charge in [-0.3, -0.25) is 0 Å². The number of benzene rings is 2. The number of aryl methyl sites for hydroxylation is 1. The van der Waals surface area contributed by atoms with Crippen LogP contribution in [0.25, 0.3) is 5.69 Å². The highest BCUT2D eigenvalue weighted by Gasteiger charge is 2.26. The second kappa shape index (κ2) is 9.45. The van der Waals surface area contributed by atoms with Crippen molar-refractivity contribution in [2.75, 3.05) is 0 Å². The van der Waals surface area contributed by atoms with Gasteiger partial charge in [-0.05, 0) is 58.7 Å². The molecular weight excluding hydrogens is 418 g/mol. The van der Waals surface area contributed by atoms with Gasteiger partial charge in [0.05, 0.1) is 10.6 Å². The van der Waals surface area contributed by atoms with Gasteiger partial charge in [0.1, 0.15) is 0 Å². The number of unbranched alkanes of at least 4 members (excludes halogenated alkanes) is 1. The van der Waals surface area contributed by atoms with Crippen molar-refractivity contribution in [3.8, 4) is 5.69 Å². The first kappa shape index (κ1) is 21.4. The van der Waals surface area contributed by atoms with Crippen molar-refractivity contribution in [3.05, 3.63) is 59.7 Å². The van der Waals surface area contributed by atoms with Crippen LogP contribution in [-0.4, -0.2) is 34.4 Å². The molecule has 0 aliphatic rings. The molecule has 154 valence electrons. The molecule has 0 amide bonds. The Balaban J connectivity index is 1.68. The van der Waals surface area contributed by atoms with E-state index in [1.807, 2.05) is 12.1 Å². The monoisotopic (exact) mass is 438 g/mol. The van der Waals surface area contributed by atoms with E-state index in [1.54, 1.807) is 4.68 Å². The topological polar surface area (TPSA) is 77.7 Å². The molecule has 0 atom stereocenters. The van der Waals surface area contributed by atoms with Crippen molar-refractivity contribution in [1.29, 1.82) is 0 Å². The van der Waals surface area contributed by atoms with Crippen LogP contribution in [0.4, 0.5) is 8.78 Å². The van der Waals surface area contributed by atoms with Gasteiger partial charge in [-0.2, -0.15) is 13.5 Å². The molecule has 10 heteroatoms. The van der Waals surface area contributed by atoms with Crippen LogP contribution in [0, 0.1) is 0 Å². The number of aromatic nitrogens is 4. The van der Waals surface area contributed by atoms with E-state index in [0.29, 0.717) is 10.9 Å². The molecule has 1 aromatic heterocycles. The smallest absolute Gasteiger partial charge is 0.218 e. The molecule has 0 saturated carbocycles. The normalized spacial score (nSPS) is 11.9. The maximum atomic E-state index is 12.6. The number of sulfone groups is 1. The van der Waals surface area contributed by atoms with Crippen LogP contribution >= 0.6 is 11.8 Å². The third-order valence-electron chi connectivity index (χ3n) is 4.30. The van der Waals surface area contributed by atoms with Crippen LogP contribution in [0.3, 0.4) is 0 Å². The SMILES string of the molecule is CCCCc1ccc(-n2nnnc2SCc2ccc(S(=O)(=O)C(F)F)cc2)cc1. The van der Waals surface area contributed by atoms with Crippen LogP contribution < -0.4 is 0 Å². The average Bonchev–Trinajstić information content (AvgIpc) is 3.20. The second-order valence-electron chi connectivity index (χ2n) is 6.38. The summed E-state index contributed by atoms with van der Waals surface area (Å²) in [4.78, 5) is -0.394. The Bertz CT molecular complexity index is 1040. The number of tetrazole rings is 1. The minimum atomic E-state index is -4.58. The lowest BCUT2D eigenvalue weighted by Crippen LogP contribution is -2.11. The number of hydrogen-bond donors (Lipinski definition) is 0. The van der Waals surface area contributed by atoms with Gasteiger partial charge in [0, 0.05) is 5.75 Å². The Morgan fingerprint density at radius 2 is 1.69 bits per heavy atom. The fraction of sp³-hybridized carbons (Fsp3) is 0.316. The maximum absolute atomic E-state index is 12.6. The molecule has 2 aromatic carbocycles. The van der Waals surface area contributed by atoms with Crippen molar-refractivity contribution in [1.82, 2.24) is 20.2 Å². The molecule has 29 heavy (non-hydrogen) atoms. The quantitative estimate of drug-likeness (QED) is 0.464. The van der Waals surface area contributed by atoms with Crippen LogP contribution in [-0.2, 0) is 22.0 Å². The van der Waals surface area contributed by atoms with E-state index in [9.17, 15) is 17.2 Å². The van der Waals surface area contributed by atoms with Gasteiger partial charge in [0.25, 0.3) is 0 Å². The summed E-state index contributed by atoms with van der Waals surface area (Å²) in [6.07, 6.45) is 3.32. The first-order valence-corrected chi connectivity index (χ1v) is 11.6. The number of thioether (sulfide) groups is 1. The minimum absolute atomic E-state index is 0.394. The Hall–Kier alpha value is -2.33. The molecule has 0 unspecified atom stereocenters. The third kappa shape index (κ3) is 5.18. The summed E-state index contributed by atoms with van der Waals surface area (Å²) in [5, 5.41) is 12.4. The molecular formula is C19H20F2N4O2S2. The Morgan fingerprint density at radius 1 is 1.03 bits per heavy atom. The summed E-state index contributed by atoms with van der Waals surface area (Å²) < 4.78 is 49.8. The summed E-state index contributed by atoms with van der Waals surface area (Å²) in [5.74, 6) is -2.97. The lowest BCUT2D eigenvalue weighted by molar-refractivity contribution is 0.234. The summed E-state index contributed by atoms with van der Waals surface area (Å²) >= 11 is 1.37. The van der Waals surface area contributed by atoms with E-state index in [1.165, 1.54) is 41.6 Å². The van der Waals surface area contributed by atoms with Crippen molar-refractivity contribution in [2.45, 2.75) is 47.7 Å². The zero-order chi connectivity index (χ0) is 20.9. The predicted molar refractivity (Wildman–Crippen MR) is 107 cm³/mol. The van der Waals surface area contributed by atoms with Gasteiger partial charge < -0.3 is 0 Å². The fourth-order valence-electron chi connectivity index (χ4n) is 2.64. The zero-order valence-electron chi connectivity index (χ0n) is 15.7. The molecule has 0 spiro atoms. The molecule has 0 radical (unpaired) electrons. The number of alkyl halides is 2. The number of halogens is 2. The van der Waals surface area contributed by atoms with Gasteiger partial charge in [-0.15, -0.1) is 5.10 Å². The Labute approximate surface area is 172 Å². The van der Waals surface area contributed by atoms with Crippen LogP contribution in [0.15, 0.2) is 58.6 Å². The second-order valence-corrected chi connectivity index (χ2v) is 9.24. The molecule has 0 fully saturated rings. The van der Waals surface area contributed by atoms with Crippen molar-refractivity contribution < 1.29 is 17.2 Å². The third-order valence-corrected chi connectivity index (χ3v) is 6.68. The van der Waals surface area contributed by atoms with Gasteiger partial charge in [0.15, 0.2) is 0 Å². The van der Waals surface area contributed by atoms with E-state index in [-0.39, 0.29) is 0 Å². The Morgan fingerprint density at radius 3 is 2.31 bits per heavy atom. The summed E-state index contributed by atoms with van der Waals surface area (Å²) in [7, 11) is -4.58. The molecule has 0 aliphatic carbocycles. The molecule has 0 aliphatic heterocycles. The predicted octanol–water partition coefficient (Wildman–Crippen LogP) is 4.29. The highest BCUT2D eigenvalue weighted by molar-refractivity contribution is 7.98. The zero-order valence-corrected chi connectivity index (χ0v) is 17.3. The van der Waals surface area contributed by atoms with Crippen LogP contribution in [0.5, 0.6) is 0 Å². The highest BCUT2D eigenvalue weighted by Crippen LogP contribution is 2.25. The van der Waals surface area contributed by atoms with Crippen LogP contribution in [0.1, 0.15) is 30.9 Å². The lowest BCUT2D eigenvalue weighted by atomic mass is 10.1. The molecule has 6 nitrogen and oxygen atoms in total. The van der Waals surface area contributed by atoms with E-state index in [4.69, 9.17) is 0 Å². The lowest BCUT2D eigenvalue weighted by Gasteiger charge is -2.07. The maximum Gasteiger partial charge on any atom is 0.341 e. The summed E-state index contributed by atoms with van der Waals surface area (Å²) in [6, 6.07) is 13.5. The largest absolute Gasteiger partial charge is 0.341 e. The first-order chi connectivity index (χ1) is 13.9. The van der Waals surface area contributed by atoms with Crippen molar-refractivity contribution in [2.24, 2.45) is 0 Å². The number of nitrogens with zero attached hydrogens (tertiary/aromatic N) is 4. The van der Waals surface area contributed by atoms with Crippen LogP contribution in [0.2, 0.25) is 0 Å². The molecule has 0 saturated heterocycles. The standard InChI is InChI=1S/C19H20F2N4O2S2/c1-2-3-4-14-5-9-16(10-6-14)25-19(22-23-24-25)28-13-15-7-11-17(12-8-15)29(26,27)18(20)21/h5-12,18H,2-4,13H2,1H3. The van der Waals surface area contributed by atoms with Gasteiger partial charge in [-0.25, -0.2) is 8.42 Å². The molecule has 0 N–H and O–H groups in total. The van der Waals surface area contributed by atoms with Crippen molar-refractivity contribution in [3.63, 3.8) is 0 Å². The van der Waals surface area contributed by atoms with Gasteiger partial charge in [0.2, 0.25) is 15.0 Å². The summed E-state index contributed by atoms with van der Waals surface area (Å²) in [5.41, 5.74) is 2.88. The Kier molecular flexibility index (Phi) is 6.96. The van der Waals surface area contributed by atoms with Gasteiger partial charge >= 0.3 is 5.76 Å². The minimum Gasteiger partial charge on any atom is -0.218 e. The molecule has 0 bridgehead atoms. The number of hydrogen-bond acceptors (Lipinski definition) is 6. The van der Waals surface area contributed by atoms with Crippen molar-refractivity contribution >= 4 is 21.6 Å². The summed E-state index contributed by atoms with van der Waals surface area (Å²) in [6.45, 7) is 2.16. The fourth-order valence-corrected chi connectivity index (χ4v) is 4.21. The molecule has 3 aromatic rings. The highest BCUT2D eigenvalue weighted by atomic mass is 32.2. The average molecular weight is 439 g/mol. The van der Waals surface area contributed by atoms with Gasteiger partial charge in [-0.1, -0.05) is 49.4 Å². The van der Waals surface area contributed by atoms with E-state index in [2.05, 4.69) is 34.6 Å². The molecule has 3 rings (SSSR count). The first-order valence-electron chi connectivity index (χ1n) is 9.03. The van der Waals surface area contributed by atoms with E-state index >= 15 is 0 Å². The molecule has 1 heterocycles. The van der Waals surface area contributed by atoms with E-state index < -0.39 is 20.5 Å². The number of rotatable bonds is 9. The van der Waals surface area contributed by atoms with E-state index in [0.717, 1.165) is 30.5 Å².